The summed E-state index contributed by atoms with van der Waals surface area (Å²) in [5.74, 6) is 0.0283. The van der Waals surface area contributed by atoms with E-state index in [0.717, 1.165) is 3.57 Å². The molecule has 0 N–H and O–H groups in total. The molecule has 1 saturated heterocycles. The van der Waals surface area contributed by atoms with Gasteiger partial charge in [0.05, 0.1) is 12.7 Å². The van der Waals surface area contributed by atoms with E-state index >= 15 is 0 Å². The number of amides is 1. The van der Waals surface area contributed by atoms with Crippen molar-refractivity contribution in [3.63, 3.8) is 0 Å². The lowest BCUT2D eigenvalue weighted by molar-refractivity contribution is -0.0124. The third kappa shape index (κ3) is 3.33. The molecular weight excluding hydrogens is 352 g/mol. The van der Waals surface area contributed by atoms with Crippen molar-refractivity contribution in [2.24, 2.45) is 0 Å². The molecule has 1 aliphatic rings. The maximum atomic E-state index is 12.3. The number of carbonyl (C=O) groups excluding carboxylic acids is 1. The van der Waals surface area contributed by atoms with Gasteiger partial charge >= 0.3 is 0 Å². The number of morpholine rings is 1. The monoisotopic (exact) mass is 365 g/mol. The van der Waals surface area contributed by atoms with Crippen molar-refractivity contribution in [1.82, 2.24) is 4.90 Å². The summed E-state index contributed by atoms with van der Waals surface area (Å²) in [7, 11) is 0. The van der Waals surface area contributed by atoms with E-state index in [0.29, 0.717) is 30.3 Å². The van der Waals surface area contributed by atoms with Gasteiger partial charge in [-0.05, 0) is 47.7 Å². The van der Waals surface area contributed by atoms with Crippen LogP contribution in [-0.4, -0.2) is 36.6 Å². The first-order chi connectivity index (χ1) is 8.06. The van der Waals surface area contributed by atoms with E-state index in [1.54, 1.807) is 6.07 Å². The molecule has 92 valence electrons. The number of rotatable bonds is 1. The van der Waals surface area contributed by atoms with Crippen molar-refractivity contribution < 1.29 is 9.53 Å². The topological polar surface area (TPSA) is 29.5 Å². The first-order valence-corrected chi connectivity index (χ1v) is 6.89. The van der Waals surface area contributed by atoms with E-state index in [2.05, 4.69) is 22.6 Å². The molecule has 0 saturated carbocycles. The molecule has 1 aromatic carbocycles. The first kappa shape index (κ1) is 13.1. The van der Waals surface area contributed by atoms with Crippen molar-refractivity contribution in [3.8, 4) is 0 Å². The number of halogens is 2. The third-order valence-electron chi connectivity index (χ3n) is 2.64. The highest BCUT2D eigenvalue weighted by molar-refractivity contribution is 14.1. The minimum Gasteiger partial charge on any atom is -0.375 e. The van der Waals surface area contributed by atoms with E-state index in [4.69, 9.17) is 16.3 Å². The van der Waals surface area contributed by atoms with Crippen LogP contribution in [0.4, 0.5) is 0 Å². The fourth-order valence-corrected chi connectivity index (χ4v) is 2.95. The highest BCUT2D eigenvalue weighted by atomic mass is 127. The molecule has 0 bridgehead atoms. The summed E-state index contributed by atoms with van der Waals surface area (Å²) in [6, 6.07) is 5.40. The predicted octanol–water partition coefficient (Wildman–Crippen LogP) is 2.81. The lowest BCUT2D eigenvalue weighted by atomic mass is 10.2. The molecule has 1 atom stereocenters. The van der Waals surface area contributed by atoms with Gasteiger partial charge in [0.15, 0.2) is 0 Å². The van der Waals surface area contributed by atoms with Crippen LogP contribution in [-0.2, 0) is 4.74 Å². The zero-order chi connectivity index (χ0) is 12.4. The van der Waals surface area contributed by atoms with Crippen LogP contribution in [0.2, 0.25) is 5.02 Å². The Kier molecular flexibility index (Phi) is 4.27. The lowest BCUT2D eigenvalue weighted by Gasteiger charge is -2.31. The van der Waals surface area contributed by atoms with E-state index in [1.807, 2.05) is 24.0 Å². The smallest absolute Gasteiger partial charge is 0.254 e. The standard InChI is InChI=1S/C12H13ClINO2/c1-8-7-15(2-3-17-8)12(16)9-4-10(13)6-11(14)5-9/h4-6,8H,2-3,7H2,1H3/t8-/m0/s1. The van der Waals surface area contributed by atoms with Gasteiger partial charge in [-0.3, -0.25) is 4.79 Å². The van der Waals surface area contributed by atoms with Crippen molar-refractivity contribution >= 4 is 40.1 Å². The Hall–Kier alpha value is -0.330. The molecule has 0 radical (unpaired) electrons. The molecule has 2 rings (SSSR count). The maximum absolute atomic E-state index is 12.3. The largest absolute Gasteiger partial charge is 0.375 e. The summed E-state index contributed by atoms with van der Waals surface area (Å²) < 4.78 is 6.39. The maximum Gasteiger partial charge on any atom is 0.254 e. The van der Waals surface area contributed by atoms with Crippen molar-refractivity contribution in [2.75, 3.05) is 19.7 Å². The highest BCUT2D eigenvalue weighted by Crippen LogP contribution is 2.19. The van der Waals surface area contributed by atoms with Crippen LogP contribution >= 0.6 is 34.2 Å². The zero-order valence-electron chi connectivity index (χ0n) is 9.45. The molecule has 0 unspecified atom stereocenters. The molecule has 17 heavy (non-hydrogen) atoms. The molecule has 1 fully saturated rings. The van der Waals surface area contributed by atoms with E-state index < -0.39 is 0 Å². The Balaban J connectivity index is 2.18. The van der Waals surface area contributed by atoms with Crippen molar-refractivity contribution in [1.29, 1.82) is 0 Å². The van der Waals surface area contributed by atoms with E-state index in [9.17, 15) is 4.79 Å². The molecule has 1 aromatic rings. The van der Waals surface area contributed by atoms with Gasteiger partial charge in [0.1, 0.15) is 0 Å². The Morgan fingerprint density at radius 2 is 2.29 bits per heavy atom. The minimum absolute atomic E-state index is 0.0283. The number of hydrogen-bond donors (Lipinski definition) is 0. The second kappa shape index (κ2) is 5.54. The summed E-state index contributed by atoms with van der Waals surface area (Å²) in [4.78, 5) is 14.1. The first-order valence-electron chi connectivity index (χ1n) is 5.43. The van der Waals surface area contributed by atoms with Gasteiger partial charge in [-0.1, -0.05) is 11.6 Å². The quantitative estimate of drug-likeness (QED) is 0.716. The van der Waals surface area contributed by atoms with Gasteiger partial charge in [0, 0.05) is 27.2 Å². The lowest BCUT2D eigenvalue weighted by Crippen LogP contribution is -2.44. The van der Waals surface area contributed by atoms with Crippen LogP contribution in [0.1, 0.15) is 17.3 Å². The van der Waals surface area contributed by atoms with Crippen LogP contribution < -0.4 is 0 Å². The second-order valence-corrected chi connectivity index (χ2v) is 5.77. The van der Waals surface area contributed by atoms with Gasteiger partial charge in [0.2, 0.25) is 0 Å². The molecule has 0 aromatic heterocycles. The van der Waals surface area contributed by atoms with Gasteiger partial charge in [-0.2, -0.15) is 0 Å². The molecule has 1 heterocycles. The third-order valence-corrected chi connectivity index (χ3v) is 3.48. The van der Waals surface area contributed by atoms with Crippen LogP contribution in [0.15, 0.2) is 18.2 Å². The van der Waals surface area contributed by atoms with E-state index in [1.165, 1.54) is 0 Å². The fraction of sp³-hybridized carbons (Fsp3) is 0.417. The summed E-state index contributed by atoms with van der Waals surface area (Å²) in [6.45, 7) is 3.86. The Morgan fingerprint density at radius 3 is 2.94 bits per heavy atom. The normalized spacial score (nSPS) is 20.4. The second-order valence-electron chi connectivity index (χ2n) is 4.09. The molecular formula is C12H13ClINO2. The van der Waals surface area contributed by atoms with Gasteiger partial charge in [-0.25, -0.2) is 0 Å². The number of hydrogen-bond acceptors (Lipinski definition) is 2. The Bertz CT molecular complexity index is 418. The number of nitrogens with zero attached hydrogens (tertiary/aromatic N) is 1. The summed E-state index contributed by atoms with van der Waals surface area (Å²) in [6.07, 6.45) is 0.103. The van der Waals surface area contributed by atoms with Gasteiger partial charge in [-0.15, -0.1) is 0 Å². The van der Waals surface area contributed by atoms with Crippen LogP contribution in [0, 0.1) is 3.57 Å². The average Bonchev–Trinajstić information content (AvgIpc) is 2.26. The van der Waals surface area contributed by atoms with Crippen LogP contribution in [0.3, 0.4) is 0 Å². The number of benzene rings is 1. The van der Waals surface area contributed by atoms with Gasteiger partial charge < -0.3 is 9.64 Å². The number of carbonyl (C=O) groups is 1. The average molecular weight is 366 g/mol. The summed E-state index contributed by atoms with van der Waals surface area (Å²) in [5, 5.41) is 0.599. The van der Waals surface area contributed by atoms with Gasteiger partial charge in [0.25, 0.3) is 5.91 Å². The fourth-order valence-electron chi connectivity index (χ4n) is 1.86. The molecule has 1 amide bonds. The molecule has 5 heteroatoms. The van der Waals surface area contributed by atoms with Crippen molar-refractivity contribution in [3.05, 3.63) is 32.4 Å². The highest BCUT2D eigenvalue weighted by Gasteiger charge is 2.22. The summed E-state index contributed by atoms with van der Waals surface area (Å²) >= 11 is 8.12. The predicted molar refractivity (Wildman–Crippen MR) is 75.5 cm³/mol. The molecule has 0 spiro atoms. The molecule has 0 aliphatic carbocycles. The van der Waals surface area contributed by atoms with E-state index in [-0.39, 0.29) is 12.0 Å². The molecule has 1 aliphatic heterocycles. The Morgan fingerprint density at radius 1 is 1.53 bits per heavy atom. The summed E-state index contributed by atoms with van der Waals surface area (Å²) in [5.41, 5.74) is 0.649. The Labute approximate surface area is 119 Å². The van der Waals surface area contributed by atoms with Crippen LogP contribution in [0.5, 0.6) is 0 Å². The van der Waals surface area contributed by atoms with Crippen molar-refractivity contribution in [2.45, 2.75) is 13.0 Å². The molecule has 3 nitrogen and oxygen atoms in total. The minimum atomic E-state index is 0.0283. The SMILES string of the molecule is C[C@H]1CN(C(=O)c2cc(Cl)cc(I)c2)CCO1. The van der Waals surface area contributed by atoms with Crippen LogP contribution in [0.25, 0.3) is 0 Å². The zero-order valence-corrected chi connectivity index (χ0v) is 12.4. The number of ether oxygens (including phenoxy) is 1.